The summed E-state index contributed by atoms with van der Waals surface area (Å²) in [6.45, 7) is -0.0284. The lowest BCUT2D eigenvalue weighted by atomic mass is 10.2. The van der Waals surface area contributed by atoms with Crippen molar-refractivity contribution < 1.29 is 22.7 Å². The van der Waals surface area contributed by atoms with Gasteiger partial charge in [-0.3, -0.25) is 4.79 Å². The Kier molecular flexibility index (Phi) is 12.0. The first-order chi connectivity index (χ1) is 16.8. The van der Waals surface area contributed by atoms with E-state index < -0.39 is 23.4 Å². The Hall–Kier alpha value is -3.84. The molecule has 0 radical (unpaired) electrons. The van der Waals surface area contributed by atoms with Crippen LogP contribution in [0.25, 0.3) is 0 Å². The third kappa shape index (κ3) is 7.83. The molecule has 0 saturated heterocycles. The standard InChI is InChI=1S/C23H18F3N7O2.3ClH/c24-12-1-3-18(16(25)7-12)32-23(34)15-11-30-21(10-27)33-22(15)31-13-2-4-19(17(26)8-13)35-14-5-6-29-20(28)9-14;;;/h1-9,11H,10,27H2,(H2,28,29)(H,32,34)(H,30,31,33);3*1H. The maximum atomic E-state index is 14.7. The van der Waals surface area contributed by atoms with Gasteiger partial charge < -0.3 is 26.8 Å². The molecule has 0 saturated carbocycles. The van der Waals surface area contributed by atoms with Gasteiger partial charge in [0.05, 0.1) is 12.2 Å². The second-order valence-electron chi connectivity index (χ2n) is 7.12. The molecule has 9 nitrogen and oxygen atoms in total. The minimum atomic E-state index is -0.957. The van der Waals surface area contributed by atoms with Crippen LogP contribution < -0.4 is 26.8 Å². The molecule has 1 amide bonds. The Morgan fingerprint density at radius 1 is 0.947 bits per heavy atom. The number of ether oxygens (including phenoxy) is 1. The molecule has 2 aromatic carbocycles. The van der Waals surface area contributed by atoms with E-state index in [1.807, 2.05) is 0 Å². The number of hydrogen-bond donors (Lipinski definition) is 4. The molecule has 2 aromatic heterocycles. The summed E-state index contributed by atoms with van der Waals surface area (Å²) in [7, 11) is 0. The predicted molar refractivity (Wildman–Crippen MR) is 144 cm³/mol. The van der Waals surface area contributed by atoms with E-state index in [9.17, 15) is 18.0 Å². The van der Waals surface area contributed by atoms with Gasteiger partial charge in [0.1, 0.15) is 40.4 Å². The lowest BCUT2D eigenvalue weighted by Crippen LogP contribution is -2.17. The van der Waals surface area contributed by atoms with Crippen LogP contribution in [0.15, 0.2) is 60.9 Å². The van der Waals surface area contributed by atoms with Gasteiger partial charge in [-0.2, -0.15) is 0 Å². The van der Waals surface area contributed by atoms with Gasteiger partial charge in [0.25, 0.3) is 5.91 Å². The molecule has 0 spiro atoms. The summed E-state index contributed by atoms with van der Waals surface area (Å²) < 4.78 is 47.3. The van der Waals surface area contributed by atoms with Crippen molar-refractivity contribution in [1.29, 1.82) is 0 Å². The van der Waals surface area contributed by atoms with Crippen LogP contribution in [-0.2, 0) is 6.54 Å². The number of rotatable bonds is 7. The third-order valence-electron chi connectivity index (χ3n) is 4.62. The molecular formula is C23H21Cl3F3N7O2. The van der Waals surface area contributed by atoms with Crippen molar-refractivity contribution >= 4 is 66.1 Å². The number of amides is 1. The van der Waals surface area contributed by atoms with Crippen LogP contribution in [0.5, 0.6) is 11.5 Å². The lowest BCUT2D eigenvalue weighted by molar-refractivity contribution is 0.102. The first-order valence-corrected chi connectivity index (χ1v) is 10.1. The molecule has 0 unspecified atom stereocenters. The van der Waals surface area contributed by atoms with Crippen LogP contribution in [0.3, 0.4) is 0 Å². The van der Waals surface area contributed by atoms with E-state index in [-0.39, 0.29) is 83.9 Å². The van der Waals surface area contributed by atoms with Gasteiger partial charge in [-0.15, -0.1) is 37.2 Å². The summed E-state index contributed by atoms with van der Waals surface area (Å²) in [6, 6.07) is 9.66. The second-order valence-corrected chi connectivity index (χ2v) is 7.12. The van der Waals surface area contributed by atoms with Crippen LogP contribution in [0.1, 0.15) is 16.2 Å². The number of nitrogens with zero attached hydrogens (tertiary/aromatic N) is 3. The SMILES string of the molecule is Cl.Cl.Cl.NCc1ncc(C(=O)Nc2ccc(F)cc2F)c(Nc2ccc(Oc3ccnc(N)c3)c(F)c2)n1. The fourth-order valence-electron chi connectivity index (χ4n) is 2.98. The highest BCUT2D eigenvalue weighted by Gasteiger charge is 2.18. The third-order valence-corrected chi connectivity index (χ3v) is 4.62. The van der Waals surface area contributed by atoms with Gasteiger partial charge in [0.2, 0.25) is 0 Å². The van der Waals surface area contributed by atoms with Crippen LogP contribution in [0, 0.1) is 17.5 Å². The summed E-state index contributed by atoms with van der Waals surface area (Å²) in [5, 5.41) is 5.16. The number of nitrogens with one attached hydrogen (secondary N) is 2. The number of hydrogen-bond acceptors (Lipinski definition) is 8. The molecule has 2 heterocycles. The zero-order chi connectivity index (χ0) is 24.9. The summed E-state index contributed by atoms with van der Waals surface area (Å²) >= 11 is 0. The number of aromatic nitrogens is 3. The van der Waals surface area contributed by atoms with Crippen molar-refractivity contribution in [3.63, 3.8) is 0 Å². The minimum absolute atomic E-state index is 0. The highest BCUT2D eigenvalue weighted by atomic mass is 35.5. The average molecular weight is 591 g/mol. The van der Waals surface area contributed by atoms with Gasteiger partial charge in [0, 0.05) is 36.3 Å². The first kappa shape index (κ1) is 32.2. The summed E-state index contributed by atoms with van der Waals surface area (Å²) in [5.74, 6) is -2.60. The largest absolute Gasteiger partial charge is 0.454 e. The monoisotopic (exact) mass is 589 g/mol. The first-order valence-electron chi connectivity index (χ1n) is 10.1. The average Bonchev–Trinajstić information content (AvgIpc) is 2.82. The molecule has 202 valence electrons. The smallest absolute Gasteiger partial charge is 0.261 e. The molecule has 0 aliphatic rings. The Labute approximate surface area is 233 Å². The van der Waals surface area contributed by atoms with Gasteiger partial charge in [-0.25, -0.2) is 28.1 Å². The Balaban J connectivity index is 0.00000241. The number of nitrogen functional groups attached to an aromatic ring is 1. The zero-order valence-corrected chi connectivity index (χ0v) is 21.6. The van der Waals surface area contributed by atoms with Crippen molar-refractivity contribution in [3.8, 4) is 11.5 Å². The summed E-state index contributed by atoms with van der Waals surface area (Å²) in [4.78, 5) is 24.8. The fourth-order valence-corrected chi connectivity index (χ4v) is 2.98. The van der Waals surface area contributed by atoms with Crippen LogP contribution in [0.2, 0.25) is 0 Å². The molecule has 38 heavy (non-hydrogen) atoms. The van der Waals surface area contributed by atoms with Gasteiger partial charge >= 0.3 is 0 Å². The van der Waals surface area contributed by atoms with Crippen molar-refractivity contribution in [2.45, 2.75) is 6.54 Å². The number of carbonyl (C=O) groups excluding carboxylic acids is 1. The van der Waals surface area contributed by atoms with E-state index in [0.29, 0.717) is 11.8 Å². The molecule has 4 rings (SSSR count). The number of anilines is 4. The molecule has 0 aliphatic heterocycles. The maximum absolute atomic E-state index is 14.7. The van der Waals surface area contributed by atoms with E-state index >= 15 is 0 Å². The Morgan fingerprint density at radius 3 is 2.37 bits per heavy atom. The Bertz CT molecular complexity index is 1420. The summed E-state index contributed by atoms with van der Waals surface area (Å²) in [6.07, 6.45) is 2.61. The van der Waals surface area contributed by atoms with E-state index in [2.05, 4.69) is 25.6 Å². The molecule has 0 aliphatic carbocycles. The zero-order valence-electron chi connectivity index (χ0n) is 19.2. The van der Waals surface area contributed by atoms with Gasteiger partial charge in [-0.1, -0.05) is 0 Å². The van der Waals surface area contributed by atoms with Crippen LogP contribution >= 0.6 is 37.2 Å². The number of carbonyl (C=O) groups is 1. The predicted octanol–water partition coefficient (Wildman–Crippen LogP) is 5.38. The molecule has 0 fully saturated rings. The molecule has 0 bridgehead atoms. The molecule has 0 atom stereocenters. The highest BCUT2D eigenvalue weighted by molar-refractivity contribution is 6.07. The van der Waals surface area contributed by atoms with Gasteiger partial charge in [0.15, 0.2) is 11.6 Å². The van der Waals surface area contributed by atoms with Crippen molar-refractivity contribution in [2.24, 2.45) is 5.73 Å². The molecule has 6 N–H and O–H groups in total. The van der Waals surface area contributed by atoms with Gasteiger partial charge in [-0.05, 0) is 30.3 Å². The highest BCUT2D eigenvalue weighted by Crippen LogP contribution is 2.29. The lowest BCUT2D eigenvalue weighted by Gasteiger charge is -2.14. The van der Waals surface area contributed by atoms with E-state index in [0.717, 1.165) is 18.2 Å². The molecule has 4 aromatic rings. The van der Waals surface area contributed by atoms with Crippen molar-refractivity contribution in [1.82, 2.24) is 15.0 Å². The number of halogens is 6. The van der Waals surface area contributed by atoms with E-state index in [4.69, 9.17) is 16.2 Å². The Morgan fingerprint density at radius 2 is 1.71 bits per heavy atom. The molecule has 15 heteroatoms. The topological polar surface area (TPSA) is 141 Å². The van der Waals surface area contributed by atoms with Crippen molar-refractivity contribution in [3.05, 3.63) is 89.8 Å². The van der Waals surface area contributed by atoms with Crippen LogP contribution in [0.4, 0.5) is 36.2 Å². The van der Waals surface area contributed by atoms with E-state index in [1.165, 1.54) is 36.7 Å². The quantitative estimate of drug-likeness (QED) is 0.225. The minimum Gasteiger partial charge on any atom is -0.454 e. The van der Waals surface area contributed by atoms with Crippen LogP contribution in [-0.4, -0.2) is 20.9 Å². The number of benzene rings is 2. The van der Waals surface area contributed by atoms with E-state index in [1.54, 1.807) is 0 Å². The normalized spacial score (nSPS) is 9.79. The van der Waals surface area contributed by atoms with Crippen molar-refractivity contribution in [2.75, 3.05) is 16.4 Å². The maximum Gasteiger partial charge on any atom is 0.261 e. The summed E-state index contributed by atoms with van der Waals surface area (Å²) in [5.41, 5.74) is 11.1. The second kappa shape index (κ2) is 14.2. The number of pyridine rings is 1. The molecular weight excluding hydrogens is 570 g/mol. The fraction of sp³-hybridized carbons (Fsp3) is 0.0435. The number of nitrogens with two attached hydrogens (primary N) is 2.